The highest BCUT2D eigenvalue weighted by Gasteiger charge is 2.28. The van der Waals surface area contributed by atoms with Crippen LogP contribution in [0.25, 0.3) is 11.1 Å². The number of aliphatic carboxylic acids is 1. The van der Waals surface area contributed by atoms with Crippen LogP contribution in [0.15, 0.2) is 48.5 Å². The zero-order valence-corrected chi connectivity index (χ0v) is 17.0. The van der Waals surface area contributed by atoms with Crippen molar-refractivity contribution in [3.8, 4) is 11.1 Å². The maximum atomic E-state index is 12.1. The fourth-order valence-electron chi connectivity index (χ4n) is 3.70. The highest BCUT2D eigenvalue weighted by molar-refractivity contribution is 5.83. The second kappa shape index (κ2) is 10.6. The molecule has 3 rings (SSSR count). The highest BCUT2D eigenvalue weighted by Crippen LogP contribution is 2.44. The third kappa shape index (κ3) is 5.61. The molecule has 0 spiro atoms. The predicted molar refractivity (Wildman–Crippen MR) is 114 cm³/mol. The van der Waals surface area contributed by atoms with Crippen LogP contribution in [0, 0.1) is 0 Å². The Hall–Kier alpha value is -3.39. The van der Waals surface area contributed by atoms with Gasteiger partial charge >= 0.3 is 12.1 Å². The molecule has 0 unspecified atom stereocenters. The summed E-state index contributed by atoms with van der Waals surface area (Å²) >= 11 is 0. The zero-order valence-electron chi connectivity index (χ0n) is 17.0. The van der Waals surface area contributed by atoms with Gasteiger partial charge in [0.25, 0.3) is 0 Å². The van der Waals surface area contributed by atoms with Gasteiger partial charge in [0.15, 0.2) is 0 Å². The summed E-state index contributed by atoms with van der Waals surface area (Å²) in [5.41, 5.74) is 4.61. The van der Waals surface area contributed by atoms with Gasteiger partial charge < -0.3 is 25.6 Å². The number of aliphatic hydroxyl groups is 1. The number of rotatable bonds is 10. The molecule has 8 heteroatoms. The molecule has 0 saturated heterocycles. The molecule has 2 amide bonds. The largest absolute Gasteiger partial charge is 0.480 e. The number of alkyl carbamates (subject to hydrolysis) is 1. The first-order valence-electron chi connectivity index (χ1n) is 10.2. The third-order valence-corrected chi connectivity index (χ3v) is 5.26. The Balaban J connectivity index is 1.39. The first-order valence-corrected chi connectivity index (χ1v) is 10.2. The number of carboxylic acids is 1. The summed E-state index contributed by atoms with van der Waals surface area (Å²) in [6, 6.07) is 14.9. The molecule has 0 heterocycles. The summed E-state index contributed by atoms with van der Waals surface area (Å²) in [5.74, 6) is -1.74. The van der Waals surface area contributed by atoms with Crippen molar-refractivity contribution in [2.45, 2.75) is 31.2 Å². The van der Waals surface area contributed by atoms with Gasteiger partial charge in [-0.25, -0.2) is 9.59 Å². The van der Waals surface area contributed by atoms with Crippen molar-refractivity contribution in [2.24, 2.45) is 0 Å². The quantitative estimate of drug-likeness (QED) is 0.432. The van der Waals surface area contributed by atoms with Crippen LogP contribution in [-0.2, 0) is 14.3 Å². The summed E-state index contributed by atoms with van der Waals surface area (Å²) in [4.78, 5) is 34.5. The molecule has 164 valence electrons. The van der Waals surface area contributed by atoms with Crippen molar-refractivity contribution in [1.82, 2.24) is 10.6 Å². The minimum atomic E-state index is -1.30. The molecule has 0 radical (unpaired) electrons. The Morgan fingerprint density at radius 1 is 0.968 bits per heavy atom. The zero-order chi connectivity index (χ0) is 22.2. The van der Waals surface area contributed by atoms with Crippen LogP contribution in [0.2, 0.25) is 0 Å². The molecule has 1 atom stereocenters. The number of amides is 2. The normalized spacial score (nSPS) is 13.1. The van der Waals surface area contributed by atoms with E-state index in [0.717, 1.165) is 22.3 Å². The average Bonchev–Trinajstić information content (AvgIpc) is 3.09. The lowest BCUT2D eigenvalue weighted by Gasteiger charge is -2.14. The maximum absolute atomic E-state index is 12.1. The van der Waals surface area contributed by atoms with Crippen LogP contribution in [0.5, 0.6) is 0 Å². The predicted octanol–water partition coefficient (Wildman–Crippen LogP) is 2.26. The lowest BCUT2D eigenvalue weighted by molar-refractivity contribution is -0.142. The molecule has 4 N–H and O–H groups in total. The SMILES string of the molecule is O=C(CCCCNC(=O)OCC1c2ccccc2-c2ccccc21)N[C@@H](CO)C(=O)O. The van der Waals surface area contributed by atoms with Gasteiger partial charge in [-0.1, -0.05) is 48.5 Å². The average molecular weight is 426 g/mol. The molecule has 31 heavy (non-hydrogen) atoms. The lowest BCUT2D eigenvalue weighted by atomic mass is 9.98. The number of hydrogen-bond donors (Lipinski definition) is 4. The number of carbonyl (C=O) groups excluding carboxylic acids is 2. The number of unbranched alkanes of at least 4 members (excludes halogenated alkanes) is 1. The van der Waals surface area contributed by atoms with E-state index < -0.39 is 30.6 Å². The van der Waals surface area contributed by atoms with Gasteiger partial charge in [-0.15, -0.1) is 0 Å². The first-order chi connectivity index (χ1) is 15.0. The second-order valence-corrected chi connectivity index (χ2v) is 7.35. The monoisotopic (exact) mass is 426 g/mol. The maximum Gasteiger partial charge on any atom is 0.407 e. The number of carbonyl (C=O) groups is 3. The molecular formula is C23H26N2O6. The molecule has 0 fully saturated rings. The molecule has 0 saturated carbocycles. The fraction of sp³-hybridized carbons (Fsp3) is 0.348. The van der Waals surface area contributed by atoms with Crippen molar-refractivity contribution in [2.75, 3.05) is 19.8 Å². The second-order valence-electron chi connectivity index (χ2n) is 7.35. The third-order valence-electron chi connectivity index (χ3n) is 5.26. The number of nitrogens with one attached hydrogen (secondary N) is 2. The van der Waals surface area contributed by atoms with E-state index in [0.29, 0.717) is 19.4 Å². The van der Waals surface area contributed by atoms with Crippen molar-refractivity contribution in [3.05, 3.63) is 59.7 Å². The summed E-state index contributed by atoms with van der Waals surface area (Å²) < 4.78 is 5.44. The van der Waals surface area contributed by atoms with E-state index in [2.05, 4.69) is 34.9 Å². The Morgan fingerprint density at radius 2 is 1.58 bits per heavy atom. The van der Waals surface area contributed by atoms with E-state index >= 15 is 0 Å². The summed E-state index contributed by atoms with van der Waals surface area (Å²) in [5, 5.41) is 22.6. The minimum Gasteiger partial charge on any atom is -0.480 e. The molecule has 0 aromatic heterocycles. The fourth-order valence-corrected chi connectivity index (χ4v) is 3.70. The summed E-state index contributed by atoms with van der Waals surface area (Å²) in [6.45, 7) is -0.0866. The van der Waals surface area contributed by atoms with E-state index in [-0.39, 0.29) is 18.9 Å². The molecule has 1 aliphatic carbocycles. The van der Waals surface area contributed by atoms with E-state index in [1.54, 1.807) is 0 Å². The first kappa shape index (κ1) is 22.3. The van der Waals surface area contributed by atoms with Crippen LogP contribution >= 0.6 is 0 Å². The Kier molecular flexibility index (Phi) is 7.61. The van der Waals surface area contributed by atoms with E-state index in [1.807, 2.05) is 24.3 Å². The van der Waals surface area contributed by atoms with Crippen LogP contribution in [0.4, 0.5) is 4.79 Å². The Bertz CT molecular complexity index is 900. The van der Waals surface area contributed by atoms with Crippen LogP contribution < -0.4 is 10.6 Å². The van der Waals surface area contributed by atoms with E-state index in [4.69, 9.17) is 14.9 Å². The molecule has 2 aromatic rings. The molecule has 0 aliphatic heterocycles. The van der Waals surface area contributed by atoms with Gasteiger partial charge in [0, 0.05) is 18.9 Å². The van der Waals surface area contributed by atoms with Gasteiger partial charge in [0.1, 0.15) is 12.6 Å². The smallest absolute Gasteiger partial charge is 0.407 e. The molecule has 1 aliphatic rings. The van der Waals surface area contributed by atoms with Crippen molar-refractivity contribution < 1.29 is 29.3 Å². The molecule has 8 nitrogen and oxygen atoms in total. The van der Waals surface area contributed by atoms with Crippen molar-refractivity contribution in [1.29, 1.82) is 0 Å². The van der Waals surface area contributed by atoms with Crippen LogP contribution in [0.1, 0.15) is 36.3 Å². The number of hydrogen-bond acceptors (Lipinski definition) is 5. The van der Waals surface area contributed by atoms with Gasteiger partial charge in [-0.05, 0) is 35.1 Å². The van der Waals surface area contributed by atoms with E-state index in [9.17, 15) is 14.4 Å². The number of fused-ring (bicyclic) bond motifs is 3. The molecule has 0 bridgehead atoms. The van der Waals surface area contributed by atoms with Crippen molar-refractivity contribution in [3.63, 3.8) is 0 Å². The summed E-state index contributed by atoms with van der Waals surface area (Å²) in [7, 11) is 0. The Labute approximate surface area is 180 Å². The van der Waals surface area contributed by atoms with Crippen LogP contribution in [0.3, 0.4) is 0 Å². The highest BCUT2D eigenvalue weighted by atomic mass is 16.5. The summed E-state index contributed by atoms with van der Waals surface area (Å²) in [6.07, 6.45) is 0.593. The molecule has 2 aromatic carbocycles. The van der Waals surface area contributed by atoms with Gasteiger partial charge in [0.05, 0.1) is 6.61 Å². The Morgan fingerprint density at radius 3 is 2.16 bits per heavy atom. The topological polar surface area (TPSA) is 125 Å². The van der Waals surface area contributed by atoms with Gasteiger partial charge in [0.2, 0.25) is 5.91 Å². The van der Waals surface area contributed by atoms with E-state index in [1.165, 1.54) is 0 Å². The number of carboxylic acid groups (broad SMARTS) is 1. The number of aliphatic hydroxyl groups excluding tert-OH is 1. The van der Waals surface area contributed by atoms with Gasteiger partial charge in [-0.2, -0.15) is 0 Å². The number of benzene rings is 2. The number of ether oxygens (including phenoxy) is 1. The molecular weight excluding hydrogens is 400 g/mol. The van der Waals surface area contributed by atoms with Crippen molar-refractivity contribution >= 4 is 18.0 Å². The van der Waals surface area contributed by atoms with Crippen LogP contribution in [-0.4, -0.2) is 54.0 Å². The van der Waals surface area contributed by atoms with Gasteiger partial charge in [-0.3, -0.25) is 4.79 Å². The minimum absolute atomic E-state index is 0.00412. The standard InChI is InChI=1S/C23H26N2O6/c26-13-20(22(28)29)25-21(27)11-5-6-12-24-23(30)31-14-19-17-9-3-1-7-15(17)16-8-2-4-10-18(16)19/h1-4,7-10,19-20,26H,5-6,11-14H2,(H,24,30)(H,25,27)(H,28,29)/t20-/m0/s1. The lowest BCUT2D eigenvalue weighted by Crippen LogP contribution is -2.43.